The van der Waals surface area contributed by atoms with Crippen molar-refractivity contribution in [3.63, 3.8) is 0 Å². The van der Waals surface area contributed by atoms with Gasteiger partial charge in [0.15, 0.2) is 0 Å². The minimum atomic E-state index is -0.587. The number of nitrogens with zero attached hydrogens (tertiary/aromatic N) is 1. The van der Waals surface area contributed by atoms with Crippen LogP contribution in [0.4, 0.5) is 0 Å². The van der Waals surface area contributed by atoms with Crippen LogP contribution >= 0.6 is 0 Å². The van der Waals surface area contributed by atoms with Crippen molar-refractivity contribution in [1.29, 1.82) is 0 Å². The van der Waals surface area contributed by atoms with Crippen molar-refractivity contribution in [1.82, 2.24) is 0 Å². The van der Waals surface area contributed by atoms with Crippen molar-refractivity contribution in [3.05, 3.63) is 46.0 Å². The molecule has 0 aliphatic rings. The summed E-state index contributed by atoms with van der Waals surface area (Å²) >= 11 is 0. The van der Waals surface area contributed by atoms with Gasteiger partial charge < -0.3 is 5.11 Å². The number of benzene rings is 1. The van der Waals surface area contributed by atoms with Gasteiger partial charge in [-0.2, -0.15) is 0 Å². The Labute approximate surface area is 82.3 Å². The normalized spacial score (nSPS) is 12.4. The summed E-state index contributed by atoms with van der Waals surface area (Å²) in [7, 11) is 0. The van der Waals surface area contributed by atoms with Gasteiger partial charge in [-0.05, 0) is 12.0 Å². The third kappa shape index (κ3) is 3.53. The molecule has 1 N–H and O–H groups in total. The maximum Gasteiger partial charge on any atom is 0.204 e. The highest BCUT2D eigenvalue weighted by Gasteiger charge is 2.07. The van der Waals surface area contributed by atoms with E-state index in [2.05, 4.69) is 0 Å². The molecule has 0 bridgehead atoms. The minimum absolute atomic E-state index is 0.0795. The zero-order valence-corrected chi connectivity index (χ0v) is 7.80. The molecule has 0 fully saturated rings. The second kappa shape index (κ2) is 5.34. The van der Waals surface area contributed by atoms with Crippen LogP contribution in [0.2, 0.25) is 0 Å². The van der Waals surface area contributed by atoms with Crippen molar-refractivity contribution < 1.29 is 10.0 Å². The Morgan fingerprint density at radius 1 is 1.36 bits per heavy atom. The first-order chi connectivity index (χ1) is 6.70. The maximum absolute atomic E-state index is 10.0. The van der Waals surface area contributed by atoms with Gasteiger partial charge >= 0.3 is 0 Å². The molecule has 0 spiro atoms. The lowest BCUT2D eigenvalue weighted by molar-refractivity contribution is -0.480. The summed E-state index contributed by atoms with van der Waals surface area (Å²) in [6.07, 6.45) is 0.254. The van der Waals surface area contributed by atoms with E-state index in [0.717, 1.165) is 5.56 Å². The molecule has 0 amide bonds. The van der Waals surface area contributed by atoms with E-state index in [1.807, 2.05) is 30.3 Å². The number of hydrogen-bond donors (Lipinski definition) is 1. The molecule has 0 aliphatic heterocycles. The van der Waals surface area contributed by atoms with E-state index in [0.29, 0.717) is 12.8 Å². The number of rotatable bonds is 5. The molecule has 14 heavy (non-hydrogen) atoms. The van der Waals surface area contributed by atoms with Gasteiger partial charge in [-0.25, -0.2) is 0 Å². The second-order valence-corrected chi connectivity index (χ2v) is 3.13. The predicted octanol–water partition coefficient (Wildman–Crippen LogP) is 1.78. The Balaban J connectivity index is 2.36. The highest BCUT2D eigenvalue weighted by atomic mass is 16.6. The second-order valence-electron chi connectivity index (χ2n) is 3.13. The van der Waals surface area contributed by atoms with Crippen LogP contribution in [0.15, 0.2) is 30.3 Å². The van der Waals surface area contributed by atoms with Gasteiger partial charge in [0.05, 0.1) is 6.10 Å². The van der Waals surface area contributed by atoms with Crippen LogP contribution in [0.5, 0.6) is 0 Å². The molecule has 0 heterocycles. The maximum atomic E-state index is 10.0. The largest absolute Gasteiger partial charge is 0.388 e. The molecular weight excluding hydrogens is 182 g/mol. The average molecular weight is 195 g/mol. The Morgan fingerprint density at radius 3 is 2.57 bits per heavy atom. The molecule has 4 nitrogen and oxygen atoms in total. The third-order valence-electron chi connectivity index (χ3n) is 2.00. The van der Waals surface area contributed by atoms with Gasteiger partial charge in [-0.1, -0.05) is 30.3 Å². The van der Waals surface area contributed by atoms with Crippen molar-refractivity contribution >= 4 is 0 Å². The molecule has 1 atom stereocenters. The number of aliphatic hydroxyl groups is 1. The van der Waals surface area contributed by atoms with Crippen LogP contribution < -0.4 is 0 Å². The van der Waals surface area contributed by atoms with Crippen molar-refractivity contribution in [2.45, 2.75) is 18.9 Å². The van der Waals surface area contributed by atoms with Crippen LogP contribution in [0.25, 0.3) is 0 Å². The molecule has 1 aromatic carbocycles. The summed E-state index contributed by atoms with van der Waals surface area (Å²) in [5.74, 6) is 0. The molecule has 0 aromatic heterocycles. The fraction of sp³-hybridized carbons (Fsp3) is 0.400. The number of hydrogen-bond acceptors (Lipinski definition) is 3. The van der Waals surface area contributed by atoms with Gasteiger partial charge in [0.25, 0.3) is 0 Å². The first-order valence-electron chi connectivity index (χ1n) is 4.55. The first-order valence-corrected chi connectivity index (χ1v) is 4.55. The fourth-order valence-corrected chi connectivity index (χ4v) is 1.26. The van der Waals surface area contributed by atoms with Crippen molar-refractivity contribution in [2.24, 2.45) is 0 Å². The monoisotopic (exact) mass is 195 g/mol. The zero-order valence-electron chi connectivity index (χ0n) is 7.80. The Morgan fingerprint density at radius 2 is 2.00 bits per heavy atom. The van der Waals surface area contributed by atoms with E-state index < -0.39 is 6.10 Å². The van der Waals surface area contributed by atoms with E-state index in [1.165, 1.54) is 0 Å². The van der Waals surface area contributed by atoms with E-state index in [4.69, 9.17) is 0 Å². The predicted molar refractivity (Wildman–Crippen MR) is 52.5 cm³/mol. The molecule has 76 valence electrons. The summed E-state index contributed by atoms with van der Waals surface area (Å²) in [6.45, 7) is -0.0795. The first kappa shape index (κ1) is 10.7. The molecule has 0 saturated heterocycles. The van der Waals surface area contributed by atoms with Crippen molar-refractivity contribution in [3.8, 4) is 0 Å². The summed E-state index contributed by atoms with van der Waals surface area (Å²) < 4.78 is 0. The summed E-state index contributed by atoms with van der Waals surface area (Å²) in [6, 6.07) is 9.18. The van der Waals surface area contributed by atoms with Gasteiger partial charge in [0.2, 0.25) is 6.54 Å². The quantitative estimate of drug-likeness (QED) is 0.575. The van der Waals surface area contributed by atoms with Gasteiger partial charge in [-0.15, -0.1) is 0 Å². The molecule has 0 radical (unpaired) electrons. The van der Waals surface area contributed by atoms with E-state index in [9.17, 15) is 15.2 Å². The van der Waals surface area contributed by atoms with Crippen LogP contribution in [-0.4, -0.2) is 16.6 Å². The highest BCUT2D eigenvalue weighted by Crippen LogP contribution is 2.17. The standard InChI is InChI=1S/C10H13NO3/c12-10(7-4-8-11(13)14)9-5-2-1-3-6-9/h1-3,5-6,10,12H,4,7-8H2/t10-/m0/s1. The SMILES string of the molecule is O=[N+]([O-])CCC[C@H](O)c1ccccc1. The lowest BCUT2D eigenvalue weighted by Crippen LogP contribution is -2.04. The van der Waals surface area contributed by atoms with Crippen LogP contribution in [0.1, 0.15) is 24.5 Å². The van der Waals surface area contributed by atoms with Gasteiger partial charge in [0.1, 0.15) is 0 Å². The van der Waals surface area contributed by atoms with Crippen molar-refractivity contribution in [2.75, 3.05) is 6.54 Å². The molecule has 0 saturated carbocycles. The van der Waals surface area contributed by atoms with E-state index >= 15 is 0 Å². The van der Waals surface area contributed by atoms with Crippen LogP contribution in [0, 0.1) is 10.1 Å². The molecule has 0 aliphatic carbocycles. The Kier molecular flexibility index (Phi) is 4.07. The van der Waals surface area contributed by atoms with Gasteiger partial charge in [0, 0.05) is 11.3 Å². The van der Waals surface area contributed by atoms with E-state index in [1.54, 1.807) is 0 Å². The Hall–Kier alpha value is -1.42. The summed E-state index contributed by atoms with van der Waals surface area (Å²) in [5.41, 5.74) is 0.816. The number of aliphatic hydroxyl groups excluding tert-OH is 1. The minimum Gasteiger partial charge on any atom is -0.388 e. The molecular formula is C10H13NO3. The van der Waals surface area contributed by atoms with Crippen LogP contribution in [-0.2, 0) is 0 Å². The molecule has 1 rings (SSSR count). The molecule has 4 heteroatoms. The summed E-state index contributed by atoms with van der Waals surface area (Å²) in [4.78, 5) is 9.68. The number of nitro groups is 1. The highest BCUT2D eigenvalue weighted by molar-refractivity contribution is 5.16. The van der Waals surface area contributed by atoms with E-state index in [-0.39, 0.29) is 11.5 Å². The van der Waals surface area contributed by atoms with Crippen LogP contribution in [0.3, 0.4) is 0 Å². The average Bonchev–Trinajstić information content (AvgIpc) is 2.18. The lowest BCUT2D eigenvalue weighted by atomic mass is 10.1. The summed E-state index contributed by atoms with van der Waals surface area (Å²) in [5, 5.41) is 19.7. The van der Waals surface area contributed by atoms with Gasteiger partial charge in [-0.3, -0.25) is 10.1 Å². The zero-order chi connectivity index (χ0) is 10.4. The smallest absolute Gasteiger partial charge is 0.204 e. The fourth-order valence-electron chi connectivity index (χ4n) is 1.26. The molecule has 1 aromatic rings. The lowest BCUT2D eigenvalue weighted by Gasteiger charge is -2.08. The topological polar surface area (TPSA) is 63.4 Å². The molecule has 0 unspecified atom stereocenters. The Bertz CT molecular complexity index is 287. The third-order valence-corrected chi connectivity index (χ3v) is 2.00.